The summed E-state index contributed by atoms with van der Waals surface area (Å²) in [6.45, 7) is 3.51. The molecule has 32 heavy (non-hydrogen) atoms. The third-order valence-electron chi connectivity index (χ3n) is 4.59. The van der Waals surface area contributed by atoms with Gasteiger partial charge in [0.15, 0.2) is 11.6 Å². The maximum atomic E-state index is 15.3. The molecule has 2 aromatic heterocycles. The van der Waals surface area contributed by atoms with Gasteiger partial charge in [-0.25, -0.2) is 4.39 Å². The predicted octanol–water partition coefficient (Wildman–Crippen LogP) is 6.10. The number of nitrogens with two attached hydrogens (primary N) is 1. The van der Waals surface area contributed by atoms with E-state index in [1.165, 1.54) is 18.3 Å². The highest BCUT2D eigenvalue weighted by Crippen LogP contribution is 2.36. The van der Waals surface area contributed by atoms with Gasteiger partial charge in [0.25, 0.3) is 5.89 Å². The lowest BCUT2D eigenvalue weighted by atomic mass is 10.1. The van der Waals surface area contributed by atoms with Crippen LogP contribution < -0.4 is 10.5 Å². The molecule has 7 nitrogen and oxygen atoms in total. The molecule has 0 radical (unpaired) electrons. The molecule has 2 aromatic carbocycles. The number of aromatic nitrogens is 3. The van der Waals surface area contributed by atoms with Crippen LogP contribution in [0, 0.1) is 19.7 Å². The van der Waals surface area contributed by atoms with Gasteiger partial charge in [0.05, 0.1) is 17.1 Å². The maximum Gasteiger partial charge on any atom is 0.253 e. The first-order chi connectivity index (χ1) is 15.4. The molecular formula is C22H17Cl2FN4O3. The molecule has 0 bridgehead atoms. The molecule has 2 N–H and O–H groups in total. The largest absolute Gasteiger partial charge is 0.453 e. The minimum absolute atomic E-state index is 0.0342. The zero-order valence-electron chi connectivity index (χ0n) is 17.0. The molecule has 0 atom stereocenters. The quantitative estimate of drug-likeness (QED) is 0.360. The second-order valence-corrected chi connectivity index (χ2v) is 7.75. The zero-order chi connectivity index (χ0) is 22.8. The van der Waals surface area contributed by atoms with Crippen LogP contribution in [0.5, 0.6) is 11.5 Å². The van der Waals surface area contributed by atoms with Crippen molar-refractivity contribution in [2.24, 2.45) is 5.73 Å². The van der Waals surface area contributed by atoms with Crippen molar-refractivity contribution in [3.63, 3.8) is 0 Å². The van der Waals surface area contributed by atoms with E-state index in [1.807, 2.05) is 0 Å². The lowest BCUT2D eigenvalue weighted by Crippen LogP contribution is -1.98. The minimum atomic E-state index is -0.648. The van der Waals surface area contributed by atoms with Crippen molar-refractivity contribution in [3.8, 4) is 23.0 Å². The van der Waals surface area contributed by atoms with Crippen LogP contribution in [0.3, 0.4) is 0 Å². The van der Waals surface area contributed by atoms with Crippen LogP contribution >= 0.6 is 23.2 Å². The monoisotopic (exact) mass is 474 g/mol. The van der Waals surface area contributed by atoms with Crippen LogP contribution in [0.15, 0.2) is 45.5 Å². The van der Waals surface area contributed by atoms with Gasteiger partial charge >= 0.3 is 0 Å². The number of benzene rings is 2. The van der Waals surface area contributed by atoms with E-state index in [2.05, 4.69) is 15.4 Å². The Labute approximate surface area is 192 Å². The van der Waals surface area contributed by atoms with Crippen LogP contribution in [-0.4, -0.2) is 15.4 Å². The molecule has 0 spiro atoms. The number of hydrogen-bond acceptors (Lipinski definition) is 7. The molecule has 0 saturated heterocycles. The summed E-state index contributed by atoms with van der Waals surface area (Å²) in [7, 11) is 0. The highest BCUT2D eigenvalue weighted by atomic mass is 35.5. The molecule has 0 fully saturated rings. The van der Waals surface area contributed by atoms with E-state index in [0.717, 1.165) is 0 Å². The van der Waals surface area contributed by atoms with E-state index in [-0.39, 0.29) is 34.5 Å². The van der Waals surface area contributed by atoms with E-state index >= 15 is 4.39 Å². The maximum absolute atomic E-state index is 15.3. The van der Waals surface area contributed by atoms with Gasteiger partial charge in [-0.05, 0) is 56.0 Å². The van der Waals surface area contributed by atoms with Gasteiger partial charge in [0.1, 0.15) is 17.1 Å². The second kappa shape index (κ2) is 9.02. The molecule has 4 aromatic rings. The zero-order valence-corrected chi connectivity index (χ0v) is 18.5. The van der Waals surface area contributed by atoms with Crippen LogP contribution in [0.2, 0.25) is 10.0 Å². The molecule has 4 rings (SSSR count). The van der Waals surface area contributed by atoms with Crippen molar-refractivity contribution in [1.29, 1.82) is 0 Å². The fourth-order valence-electron chi connectivity index (χ4n) is 3.15. The molecule has 164 valence electrons. The Morgan fingerprint density at radius 3 is 2.69 bits per heavy atom. The summed E-state index contributed by atoms with van der Waals surface area (Å²) in [4.78, 5) is 0. The van der Waals surface area contributed by atoms with E-state index in [4.69, 9.17) is 42.6 Å². The lowest BCUT2D eigenvalue weighted by molar-refractivity contribution is 0.393. The molecule has 0 amide bonds. The van der Waals surface area contributed by atoms with Crippen LogP contribution in [0.25, 0.3) is 17.5 Å². The van der Waals surface area contributed by atoms with Gasteiger partial charge in [-0.15, -0.1) is 10.2 Å². The number of rotatable bonds is 6. The highest BCUT2D eigenvalue weighted by Gasteiger charge is 2.21. The van der Waals surface area contributed by atoms with E-state index in [0.29, 0.717) is 33.4 Å². The summed E-state index contributed by atoms with van der Waals surface area (Å²) in [5, 5.41) is 12.4. The van der Waals surface area contributed by atoms with E-state index in [9.17, 15) is 0 Å². The van der Waals surface area contributed by atoms with Crippen molar-refractivity contribution in [2.75, 3.05) is 0 Å². The fourth-order valence-corrected chi connectivity index (χ4v) is 3.57. The summed E-state index contributed by atoms with van der Waals surface area (Å²) in [5.74, 6) is 0.537. The molecule has 0 aliphatic heterocycles. The molecular weight excluding hydrogens is 458 g/mol. The Morgan fingerprint density at radius 2 is 1.97 bits per heavy atom. The van der Waals surface area contributed by atoms with Crippen molar-refractivity contribution < 1.29 is 18.1 Å². The van der Waals surface area contributed by atoms with Crippen molar-refractivity contribution in [2.45, 2.75) is 20.3 Å². The number of hydrogen-bond donors (Lipinski definition) is 1. The summed E-state index contributed by atoms with van der Waals surface area (Å²) >= 11 is 12.3. The lowest BCUT2D eigenvalue weighted by Gasteiger charge is -2.12. The van der Waals surface area contributed by atoms with Crippen molar-refractivity contribution >= 4 is 29.3 Å². The molecule has 2 heterocycles. The van der Waals surface area contributed by atoms with Crippen LogP contribution in [0.4, 0.5) is 4.39 Å². The number of nitrogens with zero attached hydrogens (tertiary/aromatic N) is 3. The molecule has 0 aliphatic carbocycles. The number of aryl methyl sites for hydroxylation is 2. The Kier molecular flexibility index (Phi) is 6.16. The van der Waals surface area contributed by atoms with Crippen molar-refractivity contribution in [1.82, 2.24) is 15.4 Å². The highest BCUT2D eigenvalue weighted by molar-refractivity contribution is 6.32. The number of ether oxygens (including phenoxy) is 1. The topological polar surface area (TPSA) is 100 Å². The third kappa shape index (κ3) is 4.46. The summed E-state index contributed by atoms with van der Waals surface area (Å²) in [6.07, 6.45) is 3.04. The molecule has 0 unspecified atom stereocenters. The first kappa shape index (κ1) is 21.9. The van der Waals surface area contributed by atoms with Gasteiger partial charge in [-0.3, -0.25) is 0 Å². The van der Waals surface area contributed by atoms with E-state index < -0.39 is 5.82 Å². The van der Waals surface area contributed by atoms with Gasteiger partial charge in [-0.2, -0.15) is 0 Å². The first-order valence-electron chi connectivity index (χ1n) is 9.45. The summed E-state index contributed by atoms with van der Waals surface area (Å²) in [6, 6.07) is 7.96. The number of halogens is 3. The summed E-state index contributed by atoms with van der Waals surface area (Å²) < 4.78 is 31.8. The third-order valence-corrected chi connectivity index (χ3v) is 5.10. The SMILES string of the molecule is Cc1noc(C)c1-c1nnc(Cc2ccc(Cl)c(Oc3cc(Cl)cc(/C=C/N)c3)c2F)o1. The average molecular weight is 475 g/mol. The molecule has 0 aliphatic rings. The Balaban J connectivity index is 1.62. The minimum Gasteiger partial charge on any atom is -0.453 e. The molecule has 10 heteroatoms. The Bertz CT molecular complexity index is 1300. The van der Waals surface area contributed by atoms with Crippen molar-refractivity contribution in [3.05, 3.63) is 80.9 Å². The standard InChI is InChI=1S/C22H17Cl2FN4O3/c1-11-19(12(2)32-29-11)22-28-27-18(31-22)9-14-3-4-17(24)21(20(14)25)30-16-8-13(5-6-26)7-15(23)10-16/h3-8,10H,9,26H2,1-2H3/b6-5+. The predicted molar refractivity (Wildman–Crippen MR) is 118 cm³/mol. The van der Waals surface area contributed by atoms with Gasteiger partial charge in [0, 0.05) is 10.6 Å². The second-order valence-electron chi connectivity index (χ2n) is 6.91. The Hall–Kier alpha value is -3.36. The first-order valence-corrected chi connectivity index (χ1v) is 10.2. The van der Waals surface area contributed by atoms with Gasteiger partial charge in [-0.1, -0.05) is 34.4 Å². The fraction of sp³-hybridized carbons (Fsp3) is 0.136. The molecule has 0 saturated carbocycles. The van der Waals surface area contributed by atoms with Gasteiger partial charge in [0.2, 0.25) is 5.89 Å². The summed E-state index contributed by atoms with van der Waals surface area (Å²) in [5.41, 5.74) is 7.63. The van der Waals surface area contributed by atoms with E-state index in [1.54, 1.807) is 38.1 Å². The smallest absolute Gasteiger partial charge is 0.253 e. The normalized spacial score (nSPS) is 11.4. The van der Waals surface area contributed by atoms with Crippen LogP contribution in [0.1, 0.15) is 28.5 Å². The Morgan fingerprint density at radius 1 is 1.16 bits per heavy atom. The van der Waals surface area contributed by atoms with Crippen LogP contribution in [-0.2, 0) is 6.42 Å². The van der Waals surface area contributed by atoms with Gasteiger partial charge < -0.3 is 19.4 Å². The average Bonchev–Trinajstić information content (AvgIpc) is 3.33.